The number of amides is 1. The predicted molar refractivity (Wildman–Crippen MR) is 125 cm³/mol. The van der Waals surface area contributed by atoms with E-state index in [1.165, 1.54) is 5.56 Å². The fourth-order valence-electron chi connectivity index (χ4n) is 3.12. The molecule has 1 aliphatic rings. The third-order valence-corrected chi connectivity index (χ3v) is 4.49. The van der Waals surface area contributed by atoms with Gasteiger partial charge < -0.3 is 24.7 Å². The maximum atomic E-state index is 12.6. The molecule has 8 heteroatoms. The number of halogens is 1. The molecule has 0 bridgehead atoms. The first-order chi connectivity index (χ1) is 13.8. The standard InChI is InChI=1S/C21H28N4O3.HI/c1-2-22-21(23-11-6-13-27-16-18-8-5-14-28-18)24-15-20(26)25-12-10-17-7-3-4-9-19(17)25;/h3-5,7-9,14H,2,6,10-13,15-16H2,1H3,(H2,22,23,24);1H. The Bertz CT molecular complexity index is 780. The molecule has 3 rings (SSSR count). The molecule has 0 spiro atoms. The maximum absolute atomic E-state index is 12.6. The first-order valence-electron chi connectivity index (χ1n) is 9.78. The summed E-state index contributed by atoms with van der Waals surface area (Å²) in [5.41, 5.74) is 2.23. The highest BCUT2D eigenvalue weighted by molar-refractivity contribution is 14.0. The number of fused-ring (bicyclic) bond motifs is 1. The van der Waals surface area contributed by atoms with Crippen LogP contribution in [0.2, 0.25) is 0 Å². The van der Waals surface area contributed by atoms with Crippen LogP contribution in [0.25, 0.3) is 0 Å². The number of para-hydroxylation sites is 1. The summed E-state index contributed by atoms with van der Waals surface area (Å²) in [6, 6.07) is 11.8. The van der Waals surface area contributed by atoms with Gasteiger partial charge in [0.1, 0.15) is 18.9 Å². The van der Waals surface area contributed by atoms with Gasteiger partial charge in [-0.05, 0) is 43.5 Å². The van der Waals surface area contributed by atoms with Crippen LogP contribution in [-0.2, 0) is 22.6 Å². The lowest BCUT2D eigenvalue weighted by Crippen LogP contribution is -2.39. The molecule has 7 nitrogen and oxygen atoms in total. The van der Waals surface area contributed by atoms with E-state index < -0.39 is 0 Å². The number of carbonyl (C=O) groups is 1. The van der Waals surface area contributed by atoms with E-state index in [-0.39, 0.29) is 36.4 Å². The molecule has 1 aromatic carbocycles. The Balaban J connectivity index is 0.00000300. The average molecular weight is 512 g/mol. The smallest absolute Gasteiger partial charge is 0.248 e. The molecular formula is C21H29IN4O3. The first kappa shape index (κ1) is 23.2. The van der Waals surface area contributed by atoms with E-state index in [9.17, 15) is 4.79 Å². The van der Waals surface area contributed by atoms with Crippen molar-refractivity contribution < 1.29 is 13.9 Å². The molecule has 0 atom stereocenters. The minimum Gasteiger partial charge on any atom is -0.467 e. The Morgan fingerprint density at radius 1 is 1.24 bits per heavy atom. The minimum atomic E-state index is 0. The molecule has 0 unspecified atom stereocenters. The third kappa shape index (κ3) is 7.04. The van der Waals surface area contributed by atoms with Gasteiger partial charge in [-0.1, -0.05) is 18.2 Å². The number of carbonyl (C=O) groups excluding carboxylic acids is 1. The van der Waals surface area contributed by atoms with Crippen molar-refractivity contribution >= 4 is 41.5 Å². The molecule has 2 N–H and O–H groups in total. The summed E-state index contributed by atoms with van der Waals surface area (Å²) in [5, 5.41) is 6.42. The van der Waals surface area contributed by atoms with Crippen molar-refractivity contribution in [2.45, 2.75) is 26.4 Å². The highest BCUT2D eigenvalue weighted by Crippen LogP contribution is 2.27. The zero-order valence-corrected chi connectivity index (χ0v) is 19.1. The van der Waals surface area contributed by atoms with Gasteiger partial charge in [0.2, 0.25) is 5.91 Å². The van der Waals surface area contributed by atoms with Crippen molar-refractivity contribution in [3.05, 3.63) is 54.0 Å². The Morgan fingerprint density at radius 3 is 2.90 bits per heavy atom. The van der Waals surface area contributed by atoms with Gasteiger partial charge in [-0.3, -0.25) is 4.79 Å². The van der Waals surface area contributed by atoms with E-state index in [4.69, 9.17) is 9.15 Å². The van der Waals surface area contributed by atoms with Gasteiger partial charge in [-0.2, -0.15) is 0 Å². The maximum Gasteiger partial charge on any atom is 0.248 e. The summed E-state index contributed by atoms with van der Waals surface area (Å²) < 4.78 is 10.8. The Labute approximate surface area is 188 Å². The number of ether oxygens (including phenoxy) is 1. The van der Waals surface area contributed by atoms with Gasteiger partial charge in [-0.25, -0.2) is 4.99 Å². The van der Waals surface area contributed by atoms with Gasteiger partial charge in [-0.15, -0.1) is 24.0 Å². The topological polar surface area (TPSA) is 79.1 Å². The SMILES string of the molecule is CCNC(=NCC(=O)N1CCc2ccccc21)NCCCOCc1ccco1.I. The van der Waals surface area contributed by atoms with Crippen LogP contribution < -0.4 is 15.5 Å². The summed E-state index contributed by atoms with van der Waals surface area (Å²) in [6.45, 7) is 5.40. The molecule has 1 aliphatic heterocycles. The van der Waals surface area contributed by atoms with Crippen molar-refractivity contribution in [3.8, 4) is 0 Å². The Kier molecular flexibility index (Phi) is 9.99. The lowest BCUT2D eigenvalue weighted by atomic mass is 10.2. The molecule has 2 heterocycles. The largest absolute Gasteiger partial charge is 0.467 e. The minimum absolute atomic E-state index is 0. The number of guanidine groups is 1. The van der Waals surface area contributed by atoms with E-state index in [0.29, 0.717) is 25.7 Å². The normalized spacial score (nSPS) is 13.0. The zero-order valence-electron chi connectivity index (χ0n) is 16.7. The lowest BCUT2D eigenvalue weighted by Gasteiger charge is -2.17. The van der Waals surface area contributed by atoms with Crippen LogP contribution in [0, 0.1) is 0 Å². The number of hydrogen-bond acceptors (Lipinski definition) is 4. The molecule has 1 aromatic heterocycles. The third-order valence-electron chi connectivity index (χ3n) is 4.49. The fraction of sp³-hybridized carbons (Fsp3) is 0.429. The van der Waals surface area contributed by atoms with Gasteiger partial charge in [0, 0.05) is 31.9 Å². The van der Waals surface area contributed by atoms with Crippen molar-refractivity contribution in [2.75, 3.05) is 37.7 Å². The molecule has 29 heavy (non-hydrogen) atoms. The van der Waals surface area contributed by atoms with Crippen LogP contribution in [-0.4, -0.2) is 44.7 Å². The first-order valence-corrected chi connectivity index (χ1v) is 9.78. The highest BCUT2D eigenvalue weighted by atomic mass is 127. The second-order valence-electron chi connectivity index (χ2n) is 6.53. The quantitative estimate of drug-likeness (QED) is 0.234. The lowest BCUT2D eigenvalue weighted by molar-refractivity contribution is -0.117. The molecule has 0 fully saturated rings. The van der Waals surface area contributed by atoms with Gasteiger partial charge in [0.15, 0.2) is 5.96 Å². The van der Waals surface area contributed by atoms with E-state index in [0.717, 1.165) is 37.4 Å². The number of nitrogens with zero attached hydrogens (tertiary/aromatic N) is 2. The predicted octanol–water partition coefficient (Wildman–Crippen LogP) is 2.95. The zero-order chi connectivity index (χ0) is 19.6. The van der Waals surface area contributed by atoms with E-state index in [1.807, 2.05) is 42.2 Å². The molecule has 0 saturated heterocycles. The monoisotopic (exact) mass is 512 g/mol. The van der Waals surface area contributed by atoms with Crippen molar-refractivity contribution in [3.63, 3.8) is 0 Å². The number of benzene rings is 1. The molecule has 1 amide bonds. The van der Waals surface area contributed by atoms with E-state index in [1.54, 1.807) is 6.26 Å². The molecule has 158 valence electrons. The van der Waals surface area contributed by atoms with Crippen LogP contribution in [0.15, 0.2) is 52.1 Å². The average Bonchev–Trinajstić information content (AvgIpc) is 3.38. The highest BCUT2D eigenvalue weighted by Gasteiger charge is 2.23. The van der Waals surface area contributed by atoms with Crippen molar-refractivity contribution in [1.82, 2.24) is 10.6 Å². The second kappa shape index (κ2) is 12.5. The summed E-state index contributed by atoms with van der Waals surface area (Å²) in [5.74, 6) is 1.49. The van der Waals surface area contributed by atoms with Crippen molar-refractivity contribution in [1.29, 1.82) is 0 Å². The molecule has 0 aliphatic carbocycles. The van der Waals surface area contributed by atoms with Crippen LogP contribution >= 0.6 is 24.0 Å². The molecule has 0 radical (unpaired) electrons. The van der Waals surface area contributed by atoms with Crippen LogP contribution in [0.1, 0.15) is 24.7 Å². The number of rotatable bonds is 9. The van der Waals surface area contributed by atoms with E-state index >= 15 is 0 Å². The number of nitrogens with one attached hydrogen (secondary N) is 2. The fourth-order valence-corrected chi connectivity index (χ4v) is 3.12. The van der Waals surface area contributed by atoms with Crippen molar-refractivity contribution in [2.24, 2.45) is 4.99 Å². The molecular weight excluding hydrogens is 483 g/mol. The van der Waals surface area contributed by atoms with Crippen LogP contribution in [0.5, 0.6) is 0 Å². The Hall–Kier alpha value is -2.07. The van der Waals surface area contributed by atoms with Gasteiger partial charge in [0.05, 0.1) is 6.26 Å². The van der Waals surface area contributed by atoms with Crippen LogP contribution in [0.4, 0.5) is 5.69 Å². The summed E-state index contributed by atoms with van der Waals surface area (Å²) in [4.78, 5) is 18.8. The van der Waals surface area contributed by atoms with Gasteiger partial charge in [0.25, 0.3) is 0 Å². The number of anilines is 1. The van der Waals surface area contributed by atoms with E-state index in [2.05, 4.69) is 21.7 Å². The molecule has 0 saturated carbocycles. The second-order valence-corrected chi connectivity index (χ2v) is 6.53. The van der Waals surface area contributed by atoms with Gasteiger partial charge >= 0.3 is 0 Å². The summed E-state index contributed by atoms with van der Waals surface area (Å²) in [7, 11) is 0. The number of hydrogen-bond donors (Lipinski definition) is 2. The van der Waals surface area contributed by atoms with Crippen LogP contribution in [0.3, 0.4) is 0 Å². The summed E-state index contributed by atoms with van der Waals surface area (Å²) >= 11 is 0. The summed E-state index contributed by atoms with van der Waals surface area (Å²) in [6.07, 6.45) is 3.38. The number of aliphatic imine (C=N–C) groups is 1. The molecule has 2 aromatic rings. The Morgan fingerprint density at radius 2 is 2.10 bits per heavy atom. The number of furan rings is 1.